The van der Waals surface area contributed by atoms with Crippen molar-refractivity contribution in [1.29, 1.82) is 5.26 Å². The number of benzene rings is 1. The van der Waals surface area contributed by atoms with Gasteiger partial charge in [0.05, 0.1) is 12.6 Å². The number of H-pyrrole nitrogens is 1. The summed E-state index contributed by atoms with van der Waals surface area (Å²) in [6.45, 7) is 0. The number of hydrogen-bond acceptors (Lipinski definition) is 4. The molecule has 0 bridgehead atoms. The minimum Gasteiger partial charge on any atom is -0.310 e. The molecule has 0 saturated heterocycles. The van der Waals surface area contributed by atoms with Gasteiger partial charge < -0.3 is 5.32 Å². The molecule has 0 spiro atoms. The lowest BCUT2D eigenvalue weighted by Gasteiger charge is -2.02. The van der Waals surface area contributed by atoms with Crippen LogP contribution in [0.5, 0.6) is 0 Å². The van der Waals surface area contributed by atoms with Gasteiger partial charge in [0.25, 0.3) is 0 Å². The molecule has 6 heteroatoms. The summed E-state index contributed by atoms with van der Waals surface area (Å²) in [5.74, 6) is -0.570. The Morgan fingerprint density at radius 3 is 2.74 bits per heavy atom. The predicted octanol–water partition coefficient (Wildman–Crippen LogP) is 1.49. The second kappa shape index (κ2) is 5.60. The summed E-state index contributed by atoms with van der Waals surface area (Å²) in [6, 6.07) is 10.4. The minimum atomic E-state index is -0.491. The van der Waals surface area contributed by atoms with Crippen LogP contribution >= 0.6 is 0 Å². The van der Waals surface area contributed by atoms with E-state index in [0.29, 0.717) is 5.56 Å². The van der Waals surface area contributed by atoms with Crippen molar-refractivity contribution in [2.45, 2.75) is 6.42 Å². The first-order chi connectivity index (χ1) is 9.20. The van der Waals surface area contributed by atoms with E-state index in [1.165, 1.54) is 6.20 Å². The zero-order chi connectivity index (χ0) is 13.7. The maximum Gasteiger partial charge on any atom is 0.233 e. The van der Waals surface area contributed by atoms with Crippen molar-refractivity contribution in [1.82, 2.24) is 10.2 Å². The van der Waals surface area contributed by atoms with Crippen LogP contribution in [-0.2, 0) is 4.79 Å². The predicted molar refractivity (Wildman–Crippen MR) is 67.3 cm³/mol. The van der Waals surface area contributed by atoms with E-state index in [1.54, 1.807) is 30.3 Å². The van der Waals surface area contributed by atoms with Crippen LogP contribution in [0.4, 0.5) is 5.82 Å². The molecular formula is C13H10N4O2. The largest absolute Gasteiger partial charge is 0.310 e. The number of anilines is 1. The number of carbonyl (C=O) groups excluding carboxylic acids is 2. The van der Waals surface area contributed by atoms with Crippen LogP contribution in [0, 0.1) is 11.3 Å². The SMILES string of the molecule is N#Cc1cn[nH]c1NC(=O)CC(=O)c1ccccc1. The third kappa shape index (κ3) is 3.04. The van der Waals surface area contributed by atoms with Gasteiger partial charge in [0, 0.05) is 5.56 Å². The summed E-state index contributed by atoms with van der Waals surface area (Å²) < 4.78 is 0. The van der Waals surface area contributed by atoms with E-state index >= 15 is 0 Å². The number of aromatic nitrogens is 2. The molecule has 94 valence electrons. The van der Waals surface area contributed by atoms with Gasteiger partial charge in [-0.3, -0.25) is 14.7 Å². The first-order valence-corrected chi connectivity index (χ1v) is 5.52. The molecule has 0 atom stereocenters. The molecule has 1 amide bonds. The van der Waals surface area contributed by atoms with Crippen LogP contribution in [0.25, 0.3) is 0 Å². The van der Waals surface area contributed by atoms with Crippen LogP contribution in [-0.4, -0.2) is 21.9 Å². The molecule has 0 aliphatic rings. The highest BCUT2D eigenvalue weighted by atomic mass is 16.2. The number of Topliss-reactive ketones (excluding diaryl/α,β-unsaturated/α-hetero) is 1. The highest BCUT2D eigenvalue weighted by molar-refractivity contribution is 6.10. The lowest BCUT2D eigenvalue weighted by Crippen LogP contribution is -2.17. The molecule has 0 radical (unpaired) electrons. The standard InChI is InChI=1S/C13H10N4O2/c14-7-10-8-15-17-13(10)16-12(19)6-11(18)9-4-2-1-3-5-9/h1-5,8H,6H2,(H2,15,16,17,19). The van der Waals surface area contributed by atoms with Crippen LogP contribution in [0.3, 0.4) is 0 Å². The molecule has 2 aromatic rings. The molecule has 0 fully saturated rings. The van der Waals surface area contributed by atoms with Crippen molar-refractivity contribution in [2.75, 3.05) is 5.32 Å². The fourth-order valence-corrected chi connectivity index (χ4v) is 1.52. The second-order valence-corrected chi connectivity index (χ2v) is 3.78. The number of carbonyl (C=O) groups is 2. The average Bonchev–Trinajstić information content (AvgIpc) is 2.86. The van der Waals surface area contributed by atoms with E-state index < -0.39 is 5.91 Å². The highest BCUT2D eigenvalue weighted by Crippen LogP contribution is 2.10. The van der Waals surface area contributed by atoms with Gasteiger partial charge in [-0.25, -0.2) is 0 Å². The number of rotatable bonds is 4. The van der Waals surface area contributed by atoms with Crippen LogP contribution in [0.2, 0.25) is 0 Å². The van der Waals surface area contributed by atoms with Crippen LogP contribution < -0.4 is 5.32 Å². The smallest absolute Gasteiger partial charge is 0.233 e. The third-order valence-corrected chi connectivity index (χ3v) is 2.44. The van der Waals surface area contributed by atoms with Crippen molar-refractivity contribution in [3.05, 3.63) is 47.7 Å². The summed E-state index contributed by atoms with van der Waals surface area (Å²) in [5.41, 5.74) is 0.697. The van der Waals surface area contributed by atoms with E-state index in [2.05, 4.69) is 15.5 Å². The van der Waals surface area contributed by atoms with Crippen molar-refractivity contribution < 1.29 is 9.59 Å². The van der Waals surface area contributed by atoms with E-state index in [9.17, 15) is 9.59 Å². The summed E-state index contributed by atoms with van der Waals surface area (Å²) in [6.07, 6.45) is 1.02. The lowest BCUT2D eigenvalue weighted by atomic mass is 10.1. The number of aromatic amines is 1. The van der Waals surface area contributed by atoms with Gasteiger partial charge in [-0.05, 0) is 0 Å². The lowest BCUT2D eigenvalue weighted by molar-refractivity contribution is -0.115. The third-order valence-electron chi connectivity index (χ3n) is 2.44. The monoisotopic (exact) mass is 254 g/mol. The number of nitrogens with zero attached hydrogens (tertiary/aromatic N) is 2. The normalized spacial score (nSPS) is 9.63. The Morgan fingerprint density at radius 2 is 2.05 bits per heavy atom. The van der Waals surface area contributed by atoms with E-state index in [4.69, 9.17) is 5.26 Å². The Kier molecular flexibility index (Phi) is 3.69. The Hall–Kier alpha value is -2.94. The first kappa shape index (κ1) is 12.5. The molecule has 1 aromatic heterocycles. The van der Waals surface area contributed by atoms with Crippen LogP contribution in [0.1, 0.15) is 22.3 Å². The molecule has 0 aliphatic heterocycles. The van der Waals surface area contributed by atoms with Gasteiger partial charge in [-0.2, -0.15) is 10.4 Å². The number of amides is 1. The number of hydrogen-bond donors (Lipinski definition) is 2. The van der Waals surface area contributed by atoms with E-state index in [0.717, 1.165) is 0 Å². The molecule has 6 nitrogen and oxygen atoms in total. The summed E-state index contributed by atoms with van der Waals surface area (Å²) in [4.78, 5) is 23.5. The Labute approximate surface area is 109 Å². The quantitative estimate of drug-likeness (QED) is 0.637. The average molecular weight is 254 g/mol. The Bertz CT molecular complexity index is 640. The maximum absolute atomic E-state index is 11.8. The first-order valence-electron chi connectivity index (χ1n) is 5.52. The summed E-state index contributed by atoms with van der Waals surface area (Å²) in [5, 5.41) is 17.3. The zero-order valence-electron chi connectivity index (χ0n) is 9.88. The van der Waals surface area contributed by atoms with Crippen molar-refractivity contribution in [3.8, 4) is 6.07 Å². The molecule has 0 saturated carbocycles. The van der Waals surface area contributed by atoms with Gasteiger partial charge in [0.2, 0.25) is 5.91 Å². The van der Waals surface area contributed by atoms with Gasteiger partial charge >= 0.3 is 0 Å². The second-order valence-electron chi connectivity index (χ2n) is 3.78. The molecule has 0 aliphatic carbocycles. The Balaban J connectivity index is 1.99. The van der Waals surface area contributed by atoms with Gasteiger partial charge in [-0.15, -0.1) is 0 Å². The van der Waals surface area contributed by atoms with Crippen molar-refractivity contribution >= 4 is 17.5 Å². The topological polar surface area (TPSA) is 98.6 Å². The highest BCUT2D eigenvalue weighted by Gasteiger charge is 2.13. The maximum atomic E-state index is 11.8. The molecular weight excluding hydrogens is 244 g/mol. The fourth-order valence-electron chi connectivity index (χ4n) is 1.52. The van der Waals surface area contributed by atoms with Gasteiger partial charge in [-0.1, -0.05) is 30.3 Å². The van der Waals surface area contributed by atoms with Crippen molar-refractivity contribution in [3.63, 3.8) is 0 Å². The Morgan fingerprint density at radius 1 is 1.32 bits per heavy atom. The summed E-state index contributed by atoms with van der Waals surface area (Å²) >= 11 is 0. The van der Waals surface area contributed by atoms with Gasteiger partial charge in [0.1, 0.15) is 17.5 Å². The molecule has 0 unspecified atom stereocenters. The summed E-state index contributed by atoms with van der Waals surface area (Å²) in [7, 11) is 0. The minimum absolute atomic E-state index is 0.202. The molecule has 2 N–H and O–H groups in total. The van der Waals surface area contributed by atoms with Crippen molar-refractivity contribution in [2.24, 2.45) is 0 Å². The molecule has 2 rings (SSSR count). The molecule has 19 heavy (non-hydrogen) atoms. The van der Waals surface area contributed by atoms with E-state index in [1.807, 2.05) is 6.07 Å². The molecule has 1 aromatic carbocycles. The van der Waals surface area contributed by atoms with E-state index in [-0.39, 0.29) is 23.6 Å². The number of nitrogens with one attached hydrogen (secondary N) is 2. The fraction of sp³-hybridized carbons (Fsp3) is 0.0769. The zero-order valence-corrected chi connectivity index (χ0v) is 9.88. The van der Waals surface area contributed by atoms with Gasteiger partial charge in [0.15, 0.2) is 5.78 Å². The number of ketones is 1. The number of nitriles is 1. The molecule has 1 heterocycles. The van der Waals surface area contributed by atoms with Crippen LogP contribution in [0.15, 0.2) is 36.5 Å².